The summed E-state index contributed by atoms with van der Waals surface area (Å²) in [7, 11) is 3.56. The van der Waals surface area contributed by atoms with E-state index in [0.717, 1.165) is 36.2 Å². The molecule has 5 rings (SSSR count). The molecular weight excluding hydrogens is 436 g/mol. The summed E-state index contributed by atoms with van der Waals surface area (Å²) in [5.74, 6) is 1.19. The molecule has 1 atom stereocenters. The average Bonchev–Trinajstić information content (AvgIpc) is 3.53. The summed E-state index contributed by atoms with van der Waals surface area (Å²) < 4.78 is 18.2. The number of aryl methyl sites for hydroxylation is 1. The van der Waals surface area contributed by atoms with Crippen LogP contribution in [0.3, 0.4) is 0 Å². The molecule has 1 aromatic heterocycles. The lowest BCUT2D eigenvalue weighted by Gasteiger charge is -2.32. The number of fused-ring (bicyclic) bond motifs is 1. The van der Waals surface area contributed by atoms with E-state index >= 15 is 0 Å². The molecule has 1 aromatic carbocycles. The molecule has 1 saturated carbocycles. The van der Waals surface area contributed by atoms with Crippen molar-refractivity contribution in [1.29, 1.82) is 0 Å². The summed E-state index contributed by atoms with van der Waals surface area (Å²) in [6.45, 7) is 0.933. The van der Waals surface area contributed by atoms with Crippen molar-refractivity contribution in [2.75, 3.05) is 33.6 Å². The number of carbonyl (C=O) groups excluding carboxylic acids is 2. The molecule has 0 radical (unpaired) electrons. The second kappa shape index (κ2) is 9.50. The van der Waals surface area contributed by atoms with Gasteiger partial charge in [-0.05, 0) is 42.7 Å². The maximum absolute atomic E-state index is 13.6. The Morgan fingerprint density at radius 2 is 2.03 bits per heavy atom. The fraction of sp³-hybridized carbons (Fsp3) is 0.480. The lowest BCUT2D eigenvalue weighted by Crippen LogP contribution is -2.46. The van der Waals surface area contributed by atoms with E-state index in [9.17, 15) is 9.59 Å². The Hall–Kier alpha value is -3.33. The van der Waals surface area contributed by atoms with E-state index in [1.807, 2.05) is 48.1 Å². The van der Waals surface area contributed by atoms with Crippen LogP contribution in [0.2, 0.25) is 0 Å². The summed E-state index contributed by atoms with van der Waals surface area (Å²) in [5.41, 5.74) is 2.71. The predicted molar refractivity (Wildman–Crippen MR) is 125 cm³/mol. The molecule has 34 heavy (non-hydrogen) atoms. The second-order valence-electron chi connectivity index (χ2n) is 9.00. The molecular formula is C25H30N4O5. The Kier molecular flexibility index (Phi) is 6.28. The Labute approximate surface area is 198 Å². The quantitative estimate of drug-likeness (QED) is 0.597. The molecule has 2 amide bonds. The van der Waals surface area contributed by atoms with E-state index in [1.54, 1.807) is 12.0 Å². The number of hydrazone groups is 1. The van der Waals surface area contributed by atoms with Crippen molar-refractivity contribution in [1.82, 2.24) is 14.5 Å². The Morgan fingerprint density at radius 3 is 2.74 bits per heavy atom. The highest BCUT2D eigenvalue weighted by atomic mass is 16.7. The Balaban J connectivity index is 1.42. The van der Waals surface area contributed by atoms with Crippen LogP contribution in [0.1, 0.15) is 43.0 Å². The van der Waals surface area contributed by atoms with E-state index in [-0.39, 0.29) is 37.1 Å². The number of carbonyl (C=O) groups is 2. The number of benzene rings is 1. The van der Waals surface area contributed by atoms with Gasteiger partial charge in [0.05, 0.1) is 24.1 Å². The normalized spacial score (nSPS) is 19.2. The van der Waals surface area contributed by atoms with Gasteiger partial charge in [0.15, 0.2) is 11.5 Å². The molecule has 9 heteroatoms. The number of hydrogen-bond acceptors (Lipinski definition) is 6. The SMILES string of the molecule is COCCN(CC(=O)N1N=C(c2cccn2C)C[C@@H]1c1ccc2c(c1)OCO2)C(=O)C1CCC1. The Bertz CT molecular complexity index is 1110. The molecule has 2 aliphatic heterocycles. The van der Waals surface area contributed by atoms with Gasteiger partial charge < -0.3 is 23.7 Å². The highest BCUT2D eigenvalue weighted by Crippen LogP contribution is 2.39. The van der Waals surface area contributed by atoms with Crippen LogP contribution in [0.25, 0.3) is 0 Å². The number of ether oxygens (including phenoxy) is 3. The van der Waals surface area contributed by atoms with E-state index in [2.05, 4.69) is 0 Å². The summed E-state index contributed by atoms with van der Waals surface area (Å²) in [4.78, 5) is 28.2. The topological polar surface area (TPSA) is 85.6 Å². The molecule has 180 valence electrons. The van der Waals surface area contributed by atoms with Gasteiger partial charge in [0.25, 0.3) is 5.91 Å². The molecule has 1 aliphatic carbocycles. The van der Waals surface area contributed by atoms with E-state index < -0.39 is 0 Å². The minimum atomic E-state index is -0.296. The first-order valence-corrected chi connectivity index (χ1v) is 11.7. The molecule has 3 aliphatic rings. The Morgan fingerprint density at radius 1 is 1.21 bits per heavy atom. The van der Waals surface area contributed by atoms with Gasteiger partial charge in [0.2, 0.25) is 12.7 Å². The maximum Gasteiger partial charge on any atom is 0.262 e. The van der Waals surface area contributed by atoms with Gasteiger partial charge in [-0.25, -0.2) is 5.01 Å². The van der Waals surface area contributed by atoms with Crippen LogP contribution < -0.4 is 9.47 Å². The van der Waals surface area contributed by atoms with Crippen LogP contribution in [0, 0.1) is 5.92 Å². The number of hydrogen-bond donors (Lipinski definition) is 0. The van der Waals surface area contributed by atoms with Crippen molar-refractivity contribution in [2.24, 2.45) is 18.1 Å². The molecule has 9 nitrogen and oxygen atoms in total. The number of methoxy groups -OCH3 is 1. The first-order chi connectivity index (χ1) is 16.5. The van der Waals surface area contributed by atoms with Crippen molar-refractivity contribution < 1.29 is 23.8 Å². The van der Waals surface area contributed by atoms with Gasteiger partial charge in [-0.1, -0.05) is 12.5 Å². The minimum absolute atomic E-state index is 0.00956. The monoisotopic (exact) mass is 466 g/mol. The van der Waals surface area contributed by atoms with Crippen molar-refractivity contribution in [3.63, 3.8) is 0 Å². The first kappa shape index (κ1) is 22.5. The summed E-state index contributed by atoms with van der Waals surface area (Å²) >= 11 is 0. The van der Waals surface area contributed by atoms with Crippen LogP contribution in [-0.4, -0.2) is 65.6 Å². The number of amides is 2. The smallest absolute Gasteiger partial charge is 0.262 e. The van der Waals surface area contributed by atoms with Gasteiger partial charge in [0, 0.05) is 39.2 Å². The highest BCUT2D eigenvalue weighted by Gasteiger charge is 2.37. The average molecular weight is 467 g/mol. The summed E-state index contributed by atoms with van der Waals surface area (Å²) in [6.07, 6.45) is 5.36. The van der Waals surface area contributed by atoms with Crippen molar-refractivity contribution in [2.45, 2.75) is 31.7 Å². The lowest BCUT2D eigenvalue weighted by atomic mass is 9.84. The van der Waals surface area contributed by atoms with Gasteiger partial charge in [-0.15, -0.1) is 0 Å². The molecule has 2 aromatic rings. The number of aromatic nitrogens is 1. The lowest BCUT2D eigenvalue weighted by molar-refractivity contribution is -0.146. The zero-order chi connectivity index (χ0) is 23.7. The molecule has 0 N–H and O–H groups in total. The molecule has 3 heterocycles. The van der Waals surface area contributed by atoms with Gasteiger partial charge in [0.1, 0.15) is 6.54 Å². The molecule has 0 unspecified atom stereocenters. The minimum Gasteiger partial charge on any atom is -0.454 e. The van der Waals surface area contributed by atoms with Crippen molar-refractivity contribution in [3.05, 3.63) is 47.8 Å². The summed E-state index contributed by atoms with van der Waals surface area (Å²) in [5, 5.41) is 6.29. The van der Waals surface area contributed by atoms with Gasteiger partial charge >= 0.3 is 0 Å². The first-order valence-electron chi connectivity index (χ1n) is 11.7. The van der Waals surface area contributed by atoms with Crippen LogP contribution >= 0.6 is 0 Å². The fourth-order valence-electron chi connectivity index (χ4n) is 4.65. The third-order valence-corrected chi connectivity index (χ3v) is 6.84. The van der Waals surface area contributed by atoms with Gasteiger partial charge in [-0.3, -0.25) is 9.59 Å². The zero-order valence-corrected chi connectivity index (χ0v) is 19.6. The molecule has 1 fully saturated rings. The summed E-state index contributed by atoms with van der Waals surface area (Å²) in [6, 6.07) is 9.39. The fourth-order valence-corrected chi connectivity index (χ4v) is 4.65. The largest absolute Gasteiger partial charge is 0.454 e. The van der Waals surface area contributed by atoms with Crippen molar-refractivity contribution in [3.8, 4) is 11.5 Å². The van der Waals surface area contributed by atoms with Gasteiger partial charge in [-0.2, -0.15) is 5.10 Å². The van der Waals surface area contributed by atoms with E-state index in [4.69, 9.17) is 19.3 Å². The third-order valence-electron chi connectivity index (χ3n) is 6.84. The van der Waals surface area contributed by atoms with Crippen molar-refractivity contribution >= 4 is 17.5 Å². The van der Waals surface area contributed by atoms with E-state index in [1.165, 1.54) is 5.01 Å². The zero-order valence-electron chi connectivity index (χ0n) is 19.6. The third kappa shape index (κ3) is 4.27. The molecule has 0 spiro atoms. The standard InChI is InChI=1S/C25H30N4O5/c1-27-10-4-7-20(27)19-14-21(18-8-9-22-23(13-18)34-16-33-22)29(26-19)24(30)15-28(11-12-32-2)25(31)17-5-3-6-17/h4,7-10,13,17,21H,3,5-6,11-12,14-16H2,1-2H3/t21-/m1/s1. The highest BCUT2D eigenvalue weighted by molar-refractivity contribution is 6.02. The maximum atomic E-state index is 13.6. The van der Waals surface area contributed by atoms with Crippen LogP contribution in [0.15, 0.2) is 41.6 Å². The molecule has 0 bridgehead atoms. The predicted octanol–water partition coefficient (Wildman–Crippen LogP) is 2.71. The number of rotatable bonds is 8. The van der Waals surface area contributed by atoms with Crippen LogP contribution in [-0.2, 0) is 21.4 Å². The second-order valence-corrected chi connectivity index (χ2v) is 9.00. The van der Waals surface area contributed by atoms with Crippen LogP contribution in [0.5, 0.6) is 11.5 Å². The number of nitrogens with zero attached hydrogens (tertiary/aromatic N) is 4. The molecule has 0 saturated heterocycles. The van der Waals surface area contributed by atoms with E-state index in [0.29, 0.717) is 31.1 Å². The van der Waals surface area contributed by atoms with Crippen LogP contribution in [0.4, 0.5) is 0 Å².